The summed E-state index contributed by atoms with van der Waals surface area (Å²) in [6, 6.07) is 21.9. The van der Waals surface area contributed by atoms with Crippen molar-refractivity contribution < 1.29 is 19.1 Å². The Morgan fingerprint density at radius 1 is 1.00 bits per heavy atom. The highest BCUT2D eigenvalue weighted by molar-refractivity contribution is 6.30. The number of hydrogen-bond donors (Lipinski definition) is 2. The van der Waals surface area contributed by atoms with Crippen molar-refractivity contribution in [1.82, 2.24) is 5.32 Å². The third-order valence-corrected chi connectivity index (χ3v) is 6.45. The molecule has 0 radical (unpaired) electrons. The molecule has 3 N–H and O–H groups in total. The van der Waals surface area contributed by atoms with Crippen molar-refractivity contribution in [2.24, 2.45) is 5.73 Å². The second kappa shape index (κ2) is 10.7. The van der Waals surface area contributed by atoms with Crippen molar-refractivity contribution >= 4 is 23.4 Å². The average molecular weight is 479 g/mol. The number of nitrogens with one attached hydrogen (secondary N) is 1. The predicted molar refractivity (Wildman–Crippen MR) is 131 cm³/mol. The minimum atomic E-state index is -0.550. The van der Waals surface area contributed by atoms with Crippen LogP contribution in [0.4, 0.5) is 0 Å². The first-order valence-corrected chi connectivity index (χ1v) is 11.6. The van der Waals surface area contributed by atoms with Crippen LogP contribution in [0.3, 0.4) is 0 Å². The van der Waals surface area contributed by atoms with Crippen LogP contribution in [0, 0.1) is 0 Å². The Hall–Kier alpha value is -3.35. The summed E-state index contributed by atoms with van der Waals surface area (Å²) >= 11 is 6.25. The van der Waals surface area contributed by atoms with E-state index < -0.39 is 5.91 Å². The predicted octanol–water partition coefficient (Wildman–Crippen LogP) is 4.50. The van der Waals surface area contributed by atoms with Gasteiger partial charge in [-0.15, -0.1) is 0 Å². The molecular formula is C27H27ClN2O4. The first-order valence-electron chi connectivity index (χ1n) is 11.2. The van der Waals surface area contributed by atoms with E-state index in [1.165, 1.54) is 0 Å². The SMILES string of the molecule is NC(=O)c1ccccc1OCc1cccc(C(=O)NCC2(c3cccc(Cl)c3)CCOCC2)c1. The molecule has 3 aromatic rings. The summed E-state index contributed by atoms with van der Waals surface area (Å²) in [6.45, 7) is 1.97. The normalized spacial score (nSPS) is 14.9. The molecule has 0 bridgehead atoms. The molecule has 1 aliphatic heterocycles. The lowest BCUT2D eigenvalue weighted by Gasteiger charge is -2.38. The number of carbonyl (C=O) groups excluding carboxylic acids is 2. The minimum Gasteiger partial charge on any atom is -0.488 e. The minimum absolute atomic E-state index is 0.160. The van der Waals surface area contributed by atoms with Gasteiger partial charge in [-0.05, 0) is 60.4 Å². The van der Waals surface area contributed by atoms with E-state index in [1.54, 1.807) is 36.4 Å². The number of rotatable bonds is 8. The fourth-order valence-electron chi connectivity index (χ4n) is 4.26. The van der Waals surface area contributed by atoms with Gasteiger partial charge in [0.25, 0.3) is 11.8 Å². The van der Waals surface area contributed by atoms with E-state index in [-0.39, 0.29) is 17.9 Å². The third kappa shape index (κ3) is 5.58. The molecule has 0 unspecified atom stereocenters. The second-order valence-corrected chi connectivity index (χ2v) is 8.87. The summed E-state index contributed by atoms with van der Waals surface area (Å²) < 4.78 is 11.4. The lowest BCUT2D eigenvalue weighted by atomic mass is 9.74. The summed E-state index contributed by atoms with van der Waals surface area (Å²) in [7, 11) is 0. The maximum Gasteiger partial charge on any atom is 0.252 e. The largest absolute Gasteiger partial charge is 0.488 e. The quantitative estimate of drug-likeness (QED) is 0.499. The number of benzene rings is 3. The van der Waals surface area contributed by atoms with Gasteiger partial charge in [0, 0.05) is 35.8 Å². The van der Waals surface area contributed by atoms with Crippen molar-refractivity contribution in [1.29, 1.82) is 0 Å². The maximum absolute atomic E-state index is 13.0. The Morgan fingerprint density at radius 3 is 2.53 bits per heavy atom. The molecule has 34 heavy (non-hydrogen) atoms. The molecule has 0 spiro atoms. The Balaban J connectivity index is 1.44. The molecule has 1 saturated heterocycles. The monoisotopic (exact) mass is 478 g/mol. The van der Waals surface area contributed by atoms with Crippen LogP contribution in [-0.4, -0.2) is 31.6 Å². The summed E-state index contributed by atoms with van der Waals surface area (Å²) in [5, 5.41) is 3.79. The van der Waals surface area contributed by atoms with Gasteiger partial charge < -0.3 is 20.5 Å². The highest BCUT2D eigenvalue weighted by atomic mass is 35.5. The molecule has 2 amide bonds. The highest BCUT2D eigenvalue weighted by Crippen LogP contribution is 2.35. The van der Waals surface area contributed by atoms with Gasteiger partial charge in [0.1, 0.15) is 12.4 Å². The highest BCUT2D eigenvalue weighted by Gasteiger charge is 2.35. The fourth-order valence-corrected chi connectivity index (χ4v) is 4.45. The number of hydrogen-bond acceptors (Lipinski definition) is 4. The van der Waals surface area contributed by atoms with Crippen LogP contribution in [0.1, 0.15) is 44.7 Å². The van der Waals surface area contributed by atoms with Crippen molar-refractivity contribution in [3.05, 3.63) is 100 Å². The zero-order valence-electron chi connectivity index (χ0n) is 18.8. The Labute approximate surface area is 204 Å². The average Bonchev–Trinajstić information content (AvgIpc) is 2.87. The van der Waals surface area contributed by atoms with Crippen LogP contribution in [0.15, 0.2) is 72.8 Å². The number of amides is 2. The van der Waals surface area contributed by atoms with E-state index in [2.05, 4.69) is 11.4 Å². The summed E-state index contributed by atoms with van der Waals surface area (Å²) in [4.78, 5) is 24.6. The third-order valence-electron chi connectivity index (χ3n) is 6.21. The lowest BCUT2D eigenvalue weighted by molar-refractivity contribution is 0.0487. The molecule has 6 nitrogen and oxygen atoms in total. The van der Waals surface area contributed by atoms with Crippen molar-refractivity contribution in [3.8, 4) is 5.75 Å². The van der Waals surface area contributed by atoms with E-state index in [1.807, 2.05) is 30.3 Å². The van der Waals surface area contributed by atoms with Crippen LogP contribution in [0.25, 0.3) is 0 Å². The lowest BCUT2D eigenvalue weighted by Crippen LogP contribution is -2.44. The molecule has 7 heteroatoms. The molecule has 0 aromatic heterocycles. The molecule has 0 aliphatic carbocycles. The van der Waals surface area contributed by atoms with Crippen molar-refractivity contribution in [3.63, 3.8) is 0 Å². The van der Waals surface area contributed by atoms with Crippen molar-refractivity contribution in [2.75, 3.05) is 19.8 Å². The number of carbonyl (C=O) groups is 2. The van der Waals surface area contributed by atoms with E-state index in [9.17, 15) is 9.59 Å². The van der Waals surface area contributed by atoms with Gasteiger partial charge in [-0.1, -0.05) is 48.0 Å². The van der Waals surface area contributed by atoms with Gasteiger partial charge in [0.15, 0.2) is 0 Å². The van der Waals surface area contributed by atoms with Gasteiger partial charge in [-0.25, -0.2) is 0 Å². The molecular weight excluding hydrogens is 452 g/mol. The zero-order chi connectivity index (χ0) is 24.0. The topological polar surface area (TPSA) is 90.7 Å². The Bertz CT molecular complexity index is 1170. The van der Waals surface area contributed by atoms with Gasteiger partial charge >= 0.3 is 0 Å². The number of primary amides is 1. The number of para-hydroxylation sites is 1. The van der Waals surface area contributed by atoms with E-state index >= 15 is 0 Å². The van der Waals surface area contributed by atoms with Gasteiger partial charge in [0.2, 0.25) is 0 Å². The molecule has 1 heterocycles. The Morgan fingerprint density at radius 2 is 1.76 bits per heavy atom. The second-order valence-electron chi connectivity index (χ2n) is 8.44. The number of halogens is 1. The summed E-state index contributed by atoms with van der Waals surface area (Å²) in [5.74, 6) is -0.300. The van der Waals surface area contributed by atoms with Crippen LogP contribution >= 0.6 is 11.6 Å². The maximum atomic E-state index is 13.0. The Kier molecular flexibility index (Phi) is 7.50. The molecule has 1 fully saturated rings. The first kappa shape index (κ1) is 23.8. The standard InChI is InChI=1S/C27H27ClN2O4/c28-22-8-4-7-21(16-22)27(11-13-33-14-12-27)18-30-26(32)20-6-3-5-19(15-20)17-34-24-10-2-1-9-23(24)25(29)31/h1-10,15-16H,11-14,17-18H2,(H2,29,31)(H,30,32). The van der Waals surface area contributed by atoms with Gasteiger partial charge in [-0.3, -0.25) is 9.59 Å². The summed E-state index contributed by atoms with van der Waals surface area (Å²) in [5.41, 5.74) is 7.97. The van der Waals surface area contributed by atoms with E-state index in [0.29, 0.717) is 41.7 Å². The summed E-state index contributed by atoms with van der Waals surface area (Å²) in [6.07, 6.45) is 1.61. The molecule has 176 valence electrons. The van der Waals surface area contributed by atoms with Crippen LogP contribution in [-0.2, 0) is 16.8 Å². The molecule has 3 aromatic carbocycles. The molecule has 0 saturated carbocycles. The smallest absolute Gasteiger partial charge is 0.252 e. The van der Waals surface area contributed by atoms with Crippen LogP contribution in [0.2, 0.25) is 5.02 Å². The fraction of sp³-hybridized carbons (Fsp3) is 0.259. The van der Waals surface area contributed by atoms with Crippen molar-refractivity contribution in [2.45, 2.75) is 24.9 Å². The number of ether oxygens (including phenoxy) is 2. The van der Waals surface area contributed by atoms with Crippen LogP contribution in [0.5, 0.6) is 5.75 Å². The van der Waals surface area contributed by atoms with E-state index in [0.717, 1.165) is 24.0 Å². The zero-order valence-corrected chi connectivity index (χ0v) is 19.5. The molecule has 4 rings (SSSR count). The molecule has 0 atom stereocenters. The first-order chi connectivity index (χ1) is 16.5. The van der Waals surface area contributed by atoms with E-state index in [4.69, 9.17) is 26.8 Å². The van der Waals surface area contributed by atoms with Gasteiger partial charge in [-0.2, -0.15) is 0 Å². The van der Waals surface area contributed by atoms with Gasteiger partial charge in [0.05, 0.1) is 5.56 Å². The van der Waals surface area contributed by atoms with Crippen LogP contribution < -0.4 is 15.8 Å². The number of nitrogens with two attached hydrogens (primary N) is 1. The molecule has 1 aliphatic rings.